The Hall–Kier alpha value is -1.54. The van der Waals surface area contributed by atoms with Crippen LogP contribution in [0.4, 0.5) is 0 Å². The lowest BCUT2D eigenvalue weighted by Gasteiger charge is -2.12. The van der Waals surface area contributed by atoms with Crippen molar-refractivity contribution in [2.45, 2.75) is 45.0 Å². The number of amidine groups is 1. The summed E-state index contributed by atoms with van der Waals surface area (Å²) >= 11 is 1.69. The van der Waals surface area contributed by atoms with Crippen LogP contribution in [0.5, 0.6) is 0 Å². The van der Waals surface area contributed by atoms with Crippen molar-refractivity contribution in [2.24, 2.45) is 10.7 Å². The molecule has 2 rings (SSSR count). The molecule has 2 N–H and O–H groups in total. The second kappa shape index (κ2) is 9.08. The third-order valence-electron chi connectivity index (χ3n) is 4.16. The highest BCUT2D eigenvalue weighted by atomic mass is 32.2. The zero-order valence-corrected chi connectivity index (χ0v) is 15.2. The standard InChI is InChI=1S/C16H26N4O3S/c1-12-9-14(23-15(12)10-19-6-3-4-7-19)11-24-8-5-18-16(17)13(2)20(21)22/h9,13H,3-8,10-11H2,1-2H3,(H2,17,18). The molecule has 1 aromatic rings. The molecule has 1 atom stereocenters. The van der Waals surface area contributed by atoms with Gasteiger partial charge in [-0.3, -0.25) is 20.0 Å². The van der Waals surface area contributed by atoms with Crippen molar-refractivity contribution in [3.63, 3.8) is 0 Å². The van der Waals surface area contributed by atoms with Gasteiger partial charge in [-0.15, -0.1) is 0 Å². The molecule has 24 heavy (non-hydrogen) atoms. The van der Waals surface area contributed by atoms with Crippen LogP contribution >= 0.6 is 11.8 Å². The SMILES string of the molecule is Cc1cc(CSCCN=C(N)C(C)[N+](=O)[O-])oc1CN1CCCC1. The number of thioether (sulfide) groups is 1. The van der Waals surface area contributed by atoms with Crippen molar-refractivity contribution in [2.75, 3.05) is 25.4 Å². The molecule has 0 radical (unpaired) electrons. The fraction of sp³-hybridized carbons (Fsp3) is 0.688. The molecule has 0 aliphatic carbocycles. The molecule has 1 unspecified atom stereocenters. The number of nitro groups is 1. The molecule has 0 bridgehead atoms. The molecule has 1 aliphatic heterocycles. The number of hydrogen-bond donors (Lipinski definition) is 1. The minimum absolute atomic E-state index is 0.0855. The van der Waals surface area contributed by atoms with Gasteiger partial charge < -0.3 is 10.2 Å². The van der Waals surface area contributed by atoms with E-state index in [1.807, 2.05) is 0 Å². The van der Waals surface area contributed by atoms with E-state index in [-0.39, 0.29) is 5.84 Å². The number of aliphatic imine (C=N–C) groups is 1. The number of furan rings is 1. The summed E-state index contributed by atoms with van der Waals surface area (Å²) in [6.07, 6.45) is 2.56. The molecule has 0 spiro atoms. The van der Waals surface area contributed by atoms with E-state index in [4.69, 9.17) is 10.2 Å². The summed E-state index contributed by atoms with van der Waals surface area (Å²) in [6.45, 7) is 7.23. The van der Waals surface area contributed by atoms with Crippen LogP contribution in [0.1, 0.15) is 36.8 Å². The van der Waals surface area contributed by atoms with Crippen LogP contribution in [0.15, 0.2) is 15.5 Å². The lowest BCUT2D eigenvalue weighted by atomic mass is 10.2. The lowest BCUT2D eigenvalue weighted by Crippen LogP contribution is -2.33. The Balaban J connectivity index is 1.72. The Morgan fingerprint density at radius 2 is 2.25 bits per heavy atom. The number of nitrogens with zero attached hydrogens (tertiary/aromatic N) is 3. The summed E-state index contributed by atoms with van der Waals surface area (Å²) in [4.78, 5) is 16.7. The molecular formula is C16H26N4O3S. The van der Waals surface area contributed by atoms with Gasteiger partial charge in [-0.2, -0.15) is 11.8 Å². The van der Waals surface area contributed by atoms with Gasteiger partial charge in [0, 0.05) is 17.6 Å². The van der Waals surface area contributed by atoms with Crippen molar-refractivity contribution in [3.05, 3.63) is 33.3 Å². The smallest absolute Gasteiger partial charge is 0.266 e. The van der Waals surface area contributed by atoms with E-state index in [1.165, 1.54) is 25.3 Å². The highest BCUT2D eigenvalue weighted by Gasteiger charge is 2.17. The number of rotatable bonds is 9. The Morgan fingerprint density at radius 1 is 1.54 bits per heavy atom. The van der Waals surface area contributed by atoms with Gasteiger partial charge in [0.05, 0.1) is 18.8 Å². The molecular weight excluding hydrogens is 328 g/mol. The molecule has 0 aromatic carbocycles. The van der Waals surface area contributed by atoms with E-state index in [0.29, 0.717) is 6.54 Å². The normalized spacial score (nSPS) is 17.3. The van der Waals surface area contributed by atoms with Crippen molar-refractivity contribution in [3.8, 4) is 0 Å². The maximum atomic E-state index is 10.6. The van der Waals surface area contributed by atoms with Gasteiger partial charge in [-0.05, 0) is 44.5 Å². The number of hydrogen-bond acceptors (Lipinski definition) is 6. The molecule has 1 aliphatic rings. The van der Waals surface area contributed by atoms with Crippen LogP contribution in [0.3, 0.4) is 0 Å². The molecule has 0 amide bonds. The third-order valence-corrected chi connectivity index (χ3v) is 5.12. The minimum Gasteiger partial charge on any atom is -0.464 e. The molecule has 134 valence electrons. The van der Waals surface area contributed by atoms with E-state index in [2.05, 4.69) is 22.9 Å². The second-order valence-corrected chi connectivity index (χ2v) is 7.23. The van der Waals surface area contributed by atoms with Crippen molar-refractivity contribution in [1.29, 1.82) is 0 Å². The van der Waals surface area contributed by atoms with Gasteiger partial charge in [0.1, 0.15) is 11.5 Å². The van der Waals surface area contributed by atoms with Gasteiger partial charge in [-0.1, -0.05) is 0 Å². The van der Waals surface area contributed by atoms with E-state index in [1.54, 1.807) is 11.8 Å². The molecule has 1 aromatic heterocycles. The predicted octanol–water partition coefficient (Wildman–Crippen LogP) is 2.44. The first kappa shape index (κ1) is 18.8. The zero-order chi connectivity index (χ0) is 17.5. The first-order valence-electron chi connectivity index (χ1n) is 8.29. The fourth-order valence-electron chi connectivity index (χ4n) is 2.61. The predicted molar refractivity (Wildman–Crippen MR) is 97.1 cm³/mol. The summed E-state index contributed by atoms with van der Waals surface area (Å²) in [5.74, 6) is 3.66. The second-order valence-electron chi connectivity index (χ2n) is 6.12. The largest absolute Gasteiger partial charge is 0.464 e. The highest BCUT2D eigenvalue weighted by Crippen LogP contribution is 2.22. The van der Waals surface area contributed by atoms with Crippen LogP contribution in [-0.4, -0.2) is 47.1 Å². The Kier molecular flexibility index (Phi) is 7.11. The maximum Gasteiger partial charge on any atom is 0.266 e. The van der Waals surface area contributed by atoms with Crippen LogP contribution in [0, 0.1) is 17.0 Å². The summed E-state index contributed by atoms with van der Waals surface area (Å²) in [5, 5.41) is 10.6. The molecule has 1 saturated heterocycles. The molecule has 2 heterocycles. The Labute approximate surface area is 146 Å². The molecule has 8 heteroatoms. The van der Waals surface area contributed by atoms with Crippen LogP contribution in [0.25, 0.3) is 0 Å². The summed E-state index contributed by atoms with van der Waals surface area (Å²) in [7, 11) is 0. The topological polar surface area (TPSA) is 97.9 Å². The quantitative estimate of drug-likeness (QED) is 0.240. The van der Waals surface area contributed by atoms with Gasteiger partial charge in [-0.25, -0.2) is 0 Å². The van der Waals surface area contributed by atoms with Crippen LogP contribution in [-0.2, 0) is 12.3 Å². The van der Waals surface area contributed by atoms with E-state index >= 15 is 0 Å². The van der Waals surface area contributed by atoms with E-state index in [0.717, 1.165) is 42.7 Å². The highest BCUT2D eigenvalue weighted by molar-refractivity contribution is 7.98. The Bertz CT molecular complexity index is 582. The monoisotopic (exact) mass is 354 g/mol. The maximum absolute atomic E-state index is 10.6. The number of aryl methyl sites for hydroxylation is 1. The van der Waals surface area contributed by atoms with E-state index < -0.39 is 11.0 Å². The number of nitrogens with two attached hydrogens (primary N) is 1. The molecule has 1 fully saturated rings. The van der Waals surface area contributed by atoms with Gasteiger partial charge >= 0.3 is 0 Å². The number of likely N-dealkylation sites (tertiary alicyclic amines) is 1. The van der Waals surface area contributed by atoms with Crippen molar-refractivity contribution < 1.29 is 9.34 Å². The van der Waals surface area contributed by atoms with Crippen LogP contribution in [0.2, 0.25) is 0 Å². The lowest BCUT2D eigenvalue weighted by molar-refractivity contribution is -0.498. The third kappa shape index (κ3) is 5.52. The minimum atomic E-state index is -0.920. The van der Waals surface area contributed by atoms with Gasteiger partial charge in [0.25, 0.3) is 6.04 Å². The average molecular weight is 354 g/mol. The summed E-state index contributed by atoms with van der Waals surface area (Å²) < 4.78 is 5.96. The molecule has 0 saturated carbocycles. The van der Waals surface area contributed by atoms with Crippen molar-refractivity contribution in [1.82, 2.24) is 4.90 Å². The zero-order valence-electron chi connectivity index (χ0n) is 14.4. The van der Waals surface area contributed by atoms with Gasteiger partial charge in [0.2, 0.25) is 0 Å². The van der Waals surface area contributed by atoms with Crippen molar-refractivity contribution >= 4 is 17.6 Å². The first-order chi connectivity index (χ1) is 11.5. The van der Waals surface area contributed by atoms with Crippen LogP contribution < -0.4 is 5.73 Å². The first-order valence-corrected chi connectivity index (χ1v) is 9.44. The summed E-state index contributed by atoms with van der Waals surface area (Å²) in [5.41, 5.74) is 6.80. The fourth-order valence-corrected chi connectivity index (χ4v) is 3.32. The van der Waals surface area contributed by atoms with Gasteiger partial charge in [0.15, 0.2) is 5.84 Å². The molecule has 7 nitrogen and oxygen atoms in total. The average Bonchev–Trinajstić information content (AvgIpc) is 3.16. The Morgan fingerprint density at radius 3 is 2.92 bits per heavy atom. The van der Waals surface area contributed by atoms with E-state index in [9.17, 15) is 10.1 Å². The summed E-state index contributed by atoms with van der Waals surface area (Å²) in [6, 6.07) is 1.18.